The smallest absolute Gasteiger partial charge is 0.146 e. The van der Waals surface area contributed by atoms with Crippen LogP contribution in [0.4, 0.5) is 21.7 Å². The summed E-state index contributed by atoms with van der Waals surface area (Å²) in [6, 6.07) is 6.86. The number of hydrogen-bond donors (Lipinski definition) is 3. The van der Waals surface area contributed by atoms with E-state index in [1.807, 2.05) is 26.0 Å². The Morgan fingerprint density at radius 3 is 2.73 bits per heavy atom. The van der Waals surface area contributed by atoms with Crippen molar-refractivity contribution >= 4 is 17.3 Å². The number of hydrogen-bond acceptors (Lipinski definition) is 6. The van der Waals surface area contributed by atoms with Gasteiger partial charge < -0.3 is 25.8 Å². The number of nitrogens with two attached hydrogens (primary N) is 1. The van der Waals surface area contributed by atoms with Crippen molar-refractivity contribution in [3.05, 3.63) is 35.6 Å². The fourth-order valence-electron chi connectivity index (χ4n) is 3.00. The van der Waals surface area contributed by atoms with Gasteiger partial charge in [-0.3, -0.25) is 0 Å². The van der Waals surface area contributed by atoms with Gasteiger partial charge >= 0.3 is 0 Å². The van der Waals surface area contributed by atoms with E-state index in [1.165, 1.54) is 6.07 Å². The van der Waals surface area contributed by atoms with Gasteiger partial charge in [0.25, 0.3) is 0 Å². The molecule has 6 nitrogen and oxygen atoms in total. The summed E-state index contributed by atoms with van der Waals surface area (Å²) in [5, 5.41) is 12.5. The molecule has 0 saturated carbocycles. The molecule has 1 atom stereocenters. The lowest BCUT2D eigenvalue weighted by molar-refractivity contribution is 0.122. The third-order valence-corrected chi connectivity index (χ3v) is 4.47. The fraction of sp³-hybridized carbons (Fsp3) is 0.421. The predicted molar refractivity (Wildman–Crippen MR) is 102 cm³/mol. The quantitative estimate of drug-likeness (QED) is 0.710. The Morgan fingerprint density at radius 1 is 1.31 bits per heavy atom. The molecule has 1 aliphatic rings. The van der Waals surface area contributed by atoms with Gasteiger partial charge in [0, 0.05) is 19.1 Å². The van der Waals surface area contributed by atoms with E-state index in [-0.39, 0.29) is 18.3 Å². The summed E-state index contributed by atoms with van der Waals surface area (Å²) in [7, 11) is 0. The maximum atomic E-state index is 13.7. The summed E-state index contributed by atoms with van der Waals surface area (Å²) in [4.78, 5) is 6.84. The van der Waals surface area contributed by atoms with Gasteiger partial charge in [0.1, 0.15) is 17.5 Å². The molecular weight excluding hydrogens is 335 g/mol. The SMILES string of the molecule is Cc1cc(F)c(N)cc1-c1cc(N[C@H](C)CO)nc(N2CCOCC2)c1. The first-order valence-electron chi connectivity index (χ1n) is 8.76. The van der Waals surface area contributed by atoms with Crippen LogP contribution in [0.1, 0.15) is 12.5 Å². The van der Waals surface area contributed by atoms with Gasteiger partial charge in [-0.1, -0.05) is 0 Å². The molecular formula is C19H25FN4O2. The van der Waals surface area contributed by atoms with Gasteiger partial charge in [-0.25, -0.2) is 9.37 Å². The first kappa shape index (κ1) is 18.4. The second-order valence-corrected chi connectivity index (χ2v) is 6.62. The number of aryl methyl sites for hydroxylation is 1. The maximum absolute atomic E-state index is 13.7. The van der Waals surface area contributed by atoms with E-state index in [2.05, 4.69) is 15.2 Å². The summed E-state index contributed by atoms with van der Waals surface area (Å²) in [5.41, 5.74) is 8.47. The van der Waals surface area contributed by atoms with Gasteiger partial charge in [-0.2, -0.15) is 0 Å². The number of benzene rings is 1. The molecule has 140 valence electrons. The third-order valence-electron chi connectivity index (χ3n) is 4.47. The number of nitrogens with zero attached hydrogens (tertiary/aromatic N) is 2. The van der Waals surface area contributed by atoms with Crippen LogP contribution in [0.15, 0.2) is 24.3 Å². The molecule has 4 N–H and O–H groups in total. The first-order chi connectivity index (χ1) is 12.5. The van der Waals surface area contributed by atoms with Gasteiger partial charge in [0.15, 0.2) is 0 Å². The van der Waals surface area contributed by atoms with E-state index in [0.29, 0.717) is 19.0 Å². The van der Waals surface area contributed by atoms with Crippen molar-refractivity contribution in [2.75, 3.05) is 48.9 Å². The number of rotatable bonds is 5. The molecule has 0 spiro atoms. The zero-order valence-electron chi connectivity index (χ0n) is 15.1. The van der Waals surface area contributed by atoms with Gasteiger partial charge in [-0.05, 0) is 54.8 Å². The van der Waals surface area contributed by atoms with Crippen molar-refractivity contribution in [1.82, 2.24) is 4.98 Å². The average Bonchev–Trinajstić information content (AvgIpc) is 2.65. The van der Waals surface area contributed by atoms with E-state index < -0.39 is 5.82 Å². The van der Waals surface area contributed by atoms with Crippen LogP contribution >= 0.6 is 0 Å². The molecule has 0 aliphatic carbocycles. The Balaban J connectivity index is 2.05. The second kappa shape index (κ2) is 7.88. The van der Waals surface area contributed by atoms with E-state index in [0.717, 1.165) is 35.6 Å². The molecule has 2 aromatic rings. The molecule has 7 heteroatoms. The molecule has 2 heterocycles. The monoisotopic (exact) mass is 360 g/mol. The summed E-state index contributed by atoms with van der Waals surface area (Å²) in [6.07, 6.45) is 0. The zero-order chi connectivity index (χ0) is 18.7. The molecule has 1 aromatic carbocycles. The van der Waals surface area contributed by atoms with Crippen LogP contribution < -0.4 is 16.0 Å². The van der Waals surface area contributed by atoms with E-state index in [4.69, 9.17) is 10.5 Å². The van der Waals surface area contributed by atoms with Gasteiger partial charge in [-0.15, -0.1) is 0 Å². The van der Waals surface area contributed by atoms with Crippen LogP contribution in [-0.4, -0.2) is 49.0 Å². The third kappa shape index (κ3) is 4.05. The molecule has 1 saturated heterocycles. The molecule has 1 fully saturated rings. The van der Waals surface area contributed by atoms with Crippen molar-refractivity contribution in [3.63, 3.8) is 0 Å². The number of ether oxygens (including phenoxy) is 1. The highest BCUT2D eigenvalue weighted by Gasteiger charge is 2.17. The summed E-state index contributed by atoms with van der Waals surface area (Å²) in [6.45, 7) is 6.57. The van der Waals surface area contributed by atoms with Crippen LogP contribution in [0.5, 0.6) is 0 Å². The molecule has 1 aliphatic heterocycles. The Kier molecular flexibility index (Phi) is 5.58. The van der Waals surface area contributed by atoms with E-state index >= 15 is 0 Å². The van der Waals surface area contributed by atoms with Crippen LogP contribution in [0.25, 0.3) is 11.1 Å². The summed E-state index contributed by atoms with van der Waals surface area (Å²) in [5.74, 6) is 1.06. The number of halogens is 1. The molecule has 3 rings (SSSR count). The number of aliphatic hydroxyl groups is 1. The Morgan fingerprint density at radius 2 is 2.04 bits per heavy atom. The normalized spacial score (nSPS) is 15.8. The number of aromatic nitrogens is 1. The van der Waals surface area contributed by atoms with Crippen LogP contribution in [0.3, 0.4) is 0 Å². The average molecular weight is 360 g/mol. The maximum Gasteiger partial charge on any atom is 0.146 e. The van der Waals surface area contributed by atoms with Gasteiger partial charge in [0.2, 0.25) is 0 Å². The molecule has 0 radical (unpaired) electrons. The number of aliphatic hydroxyl groups excluding tert-OH is 1. The fourth-order valence-corrected chi connectivity index (χ4v) is 3.00. The van der Waals surface area contributed by atoms with E-state index in [1.54, 1.807) is 6.07 Å². The van der Waals surface area contributed by atoms with Crippen LogP contribution in [0, 0.1) is 12.7 Å². The Hall–Kier alpha value is -2.38. The Bertz CT molecular complexity index is 778. The van der Waals surface area contributed by atoms with Crippen molar-refractivity contribution in [1.29, 1.82) is 0 Å². The highest BCUT2D eigenvalue weighted by Crippen LogP contribution is 2.32. The first-order valence-corrected chi connectivity index (χ1v) is 8.76. The lowest BCUT2D eigenvalue weighted by Crippen LogP contribution is -2.37. The largest absolute Gasteiger partial charge is 0.396 e. The van der Waals surface area contributed by atoms with Crippen molar-refractivity contribution in [2.45, 2.75) is 19.9 Å². The lowest BCUT2D eigenvalue weighted by atomic mass is 10.00. The highest BCUT2D eigenvalue weighted by atomic mass is 19.1. The van der Waals surface area contributed by atoms with Crippen LogP contribution in [0.2, 0.25) is 0 Å². The molecule has 1 aromatic heterocycles. The van der Waals surface area contributed by atoms with Crippen molar-refractivity contribution < 1.29 is 14.2 Å². The standard InChI is InChI=1S/C19H25FN4O2/c1-12-7-16(20)17(21)10-15(12)14-8-18(22-13(2)11-25)23-19(9-14)24-3-5-26-6-4-24/h7-10,13,25H,3-6,11,21H2,1-2H3,(H,22,23)/t13-/m1/s1. The summed E-state index contributed by atoms with van der Waals surface area (Å²) < 4.78 is 19.2. The number of pyridine rings is 1. The van der Waals surface area contributed by atoms with Crippen molar-refractivity contribution in [3.8, 4) is 11.1 Å². The minimum absolute atomic E-state index is 0.00131. The van der Waals surface area contributed by atoms with Gasteiger partial charge in [0.05, 0.1) is 25.5 Å². The Labute approximate surface area is 152 Å². The zero-order valence-corrected chi connectivity index (χ0v) is 15.1. The van der Waals surface area contributed by atoms with Crippen LogP contribution in [-0.2, 0) is 4.74 Å². The highest BCUT2D eigenvalue weighted by molar-refractivity contribution is 5.75. The minimum atomic E-state index is -0.416. The molecule has 0 bridgehead atoms. The van der Waals surface area contributed by atoms with E-state index in [9.17, 15) is 9.50 Å². The molecule has 26 heavy (non-hydrogen) atoms. The second-order valence-electron chi connectivity index (χ2n) is 6.62. The lowest BCUT2D eigenvalue weighted by Gasteiger charge is -2.29. The number of morpholine rings is 1. The predicted octanol–water partition coefficient (Wildman–Crippen LogP) is 2.41. The van der Waals surface area contributed by atoms with Crippen molar-refractivity contribution in [2.24, 2.45) is 0 Å². The number of anilines is 3. The number of nitrogen functional groups attached to an aromatic ring is 1. The summed E-state index contributed by atoms with van der Waals surface area (Å²) >= 11 is 0. The molecule has 0 unspecified atom stereocenters. The molecule has 0 amide bonds. The topological polar surface area (TPSA) is 83.6 Å². The minimum Gasteiger partial charge on any atom is -0.396 e. The number of nitrogens with one attached hydrogen (secondary N) is 1.